The van der Waals surface area contributed by atoms with Crippen LogP contribution in [0.2, 0.25) is 0 Å². The zero-order valence-electron chi connectivity index (χ0n) is 18.8. The van der Waals surface area contributed by atoms with Crippen LogP contribution >= 0.6 is 0 Å². The first-order valence-electron chi connectivity index (χ1n) is 10.3. The molecule has 1 atom stereocenters. The number of hydrogen-bond acceptors (Lipinski definition) is 7. The average Bonchev–Trinajstić information content (AvgIpc) is 2.78. The van der Waals surface area contributed by atoms with Crippen LogP contribution in [0.25, 0.3) is 0 Å². The summed E-state index contributed by atoms with van der Waals surface area (Å²) in [6.45, 7) is 3.59. The van der Waals surface area contributed by atoms with Gasteiger partial charge in [-0.15, -0.1) is 0 Å². The van der Waals surface area contributed by atoms with E-state index in [2.05, 4.69) is 20.0 Å². The summed E-state index contributed by atoms with van der Waals surface area (Å²) in [6, 6.07) is 12.9. The molecule has 0 saturated heterocycles. The SMILES string of the molecule is CC[C@H](C(=O)Nc1ccc(S(=O)(=O)Nc2ncccn2)cc1)N(c1ccc(C)cc1)S(C)(=O)=O. The Morgan fingerprint density at radius 3 is 2.09 bits per heavy atom. The normalized spacial score (nSPS) is 12.6. The molecule has 0 aliphatic heterocycles. The van der Waals surface area contributed by atoms with Gasteiger partial charge in [0.15, 0.2) is 0 Å². The average molecular weight is 504 g/mol. The van der Waals surface area contributed by atoms with Crippen LogP contribution in [0.3, 0.4) is 0 Å². The minimum absolute atomic E-state index is 0.0533. The molecule has 0 spiro atoms. The first kappa shape index (κ1) is 25.1. The molecular formula is C22H25N5O5S2. The maximum absolute atomic E-state index is 13.0. The molecule has 0 saturated carbocycles. The van der Waals surface area contributed by atoms with Crippen molar-refractivity contribution < 1.29 is 21.6 Å². The summed E-state index contributed by atoms with van der Waals surface area (Å²) in [5, 5.41) is 2.67. The largest absolute Gasteiger partial charge is 0.324 e. The number of hydrogen-bond donors (Lipinski definition) is 2. The van der Waals surface area contributed by atoms with Crippen molar-refractivity contribution in [3.8, 4) is 0 Å². The van der Waals surface area contributed by atoms with Gasteiger partial charge in [-0.05, 0) is 55.8 Å². The van der Waals surface area contributed by atoms with E-state index in [-0.39, 0.29) is 17.3 Å². The molecule has 2 aromatic carbocycles. The molecule has 12 heteroatoms. The van der Waals surface area contributed by atoms with E-state index in [0.29, 0.717) is 11.4 Å². The van der Waals surface area contributed by atoms with Crippen molar-refractivity contribution in [3.63, 3.8) is 0 Å². The first-order chi connectivity index (χ1) is 16.0. The molecule has 3 rings (SSSR count). The number of benzene rings is 2. The molecule has 34 heavy (non-hydrogen) atoms. The lowest BCUT2D eigenvalue weighted by atomic mass is 10.1. The number of amides is 1. The van der Waals surface area contributed by atoms with Crippen molar-refractivity contribution in [2.45, 2.75) is 31.2 Å². The van der Waals surface area contributed by atoms with Gasteiger partial charge in [-0.3, -0.25) is 9.10 Å². The van der Waals surface area contributed by atoms with E-state index in [1.807, 2.05) is 6.92 Å². The van der Waals surface area contributed by atoms with Crippen LogP contribution in [0, 0.1) is 6.92 Å². The Bertz CT molecular complexity index is 1350. The fourth-order valence-electron chi connectivity index (χ4n) is 3.23. The van der Waals surface area contributed by atoms with Gasteiger partial charge >= 0.3 is 0 Å². The Morgan fingerprint density at radius 1 is 0.971 bits per heavy atom. The Labute approximate surface area is 199 Å². The molecule has 10 nitrogen and oxygen atoms in total. The summed E-state index contributed by atoms with van der Waals surface area (Å²) < 4.78 is 53.5. The van der Waals surface area contributed by atoms with E-state index in [1.54, 1.807) is 37.3 Å². The quantitative estimate of drug-likeness (QED) is 0.458. The molecule has 0 unspecified atom stereocenters. The summed E-state index contributed by atoms with van der Waals surface area (Å²) in [7, 11) is -7.69. The summed E-state index contributed by atoms with van der Waals surface area (Å²) in [6.07, 6.45) is 4.08. The molecule has 3 aromatic rings. The molecule has 0 aliphatic rings. The Hall–Kier alpha value is -3.51. The van der Waals surface area contributed by atoms with E-state index in [4.69, 9.17) is 0 Å². The molecule has 0 radical (unpaired) electrons. The minimum Gasteiger partial charge on any atom is -0.324 e. The molecule has 180 valence electrons. The van der Waals surface area contributed by atoms with Crippen molar-refractivity contribution in [3.05, 3.63) is 72.6 Å². The third-order valence-electron chi connectivity index (χ3n) is 4.84. The third kappa shape index (κ3) is 6.08. The van der Waals surface area contributed by atoms with Gasteiger partial charge < -0.3 is 5.32 Å². The molecule has 0 fully saturated rings. The molecule has 1 aromatic heterocycles. The van der Waals surface area contributed by atoms with Crippen LogP contribution in [-0.2, 0) is 24.8 Å². The second-order valence-corrected chi connectivity index (χ2v) is 11.1. The van der Waals surface area contributed by atoms with Gasteiger partial charge in [0.25, 0.3) is 10.0 Å². The van der Waals surface area contributed by atoms with Crippen LogP contribution in [0.5, 0.6) is 0 Å². The van der Waals surface area contributed by atoms with Crippen molar-refractivity contribution in [2.24, 2.45) is 0 Å². The van der Waals surface area contributed by atoms with Gasteiger partial charge in [0, 0.05) is 18.1 Å². The topological polar surface area (TPSA) is 138 Å². The molecular weight excluding hydrogens is 478 g/mol. The standard InChI is InChI=1S/C22H25N5O5S2/c1-4-20(27(33(3,29)30)18-10-6-16(2)7-11-18)21(28)25-17-8-12-19(13-9-17)34(31,32)26-22-23-14-5-15-24-22/h5-15,20H,4H2,1-3H3,(H,25,28)(H,23,24,26)/t20-/m1/s1. The van der Waals surface area contributed by atoms with Crippen molar-refractivity contribution in [1.29, 1.82) is 0 Å². The van der Waals surface area contributed by atoms with Crippen LogP contribution < -0.4 is 14.3 Å². The van der Waals surface area contributed by atoms with E-state index < -0.39 is 32.0 Å². The van der Waals surface area contributed by atoms with Crippen LogP contribution in [0.15, 0.2) is 71.9 Å². The number of anilines is 3. The smallest absolute Gasteiger partial charge is 0.264 e. The fourth-order valence-corrected chi connectivity index (χ4v) is 5.40. The molecule has 1 heterocycles. The number of carbonyl (C=O) groups excluding carboxylic acids is 1. The van der Waals surface area contributed by atoms with Gasteiger partial charge in [-0.1, -0.05) is 24.6 Å². The summed E-state index contributed by atoms with van der Waals surface area (Å²) in [5.74, 6) is -0.609. The highest BCUT2D eigenvalue weighted by atomic mass is 32.2. The number of nitrogens with one attached hydrogen (secondary N) is 2. The molecule has 1 amide bonds. The lowest BCUT2D eigenvalue weighted by Crippen LogP contribution is -2.47. The lowest BCUT2D eigenvalue weighted by Gasteiger charge is -2.30. The number of rotatable bonds is 9. The van der Waals surface area contributed by atoms with Gasteiger partial charge in [-0.25, -0.2) is 31.5 Å². The highest BCUT2D eigenvalue weighted by Gasteiger charge is 2.31. The second-order valence-electron chi connectivity index (χ2n) is 7.51. The summed E-state index contributed by atoms with van der Waals surface area (Å²) >= 11 is 0. The lowest BCUT2D eigenvalue weighted by molar-refractivity contribution is -0.117. The molecule has 0 bridgehead atoms. The number of nitrogens with zero attached hydrogens (tertiary/aromatic N) is 3. The summed E-state index contributed by atoms with van der Waals surface area (Å²) in [5.41, 5.74) is 1.65. The van der Waals surface area contributed by atoms with E-state index >= 15 is 0 Å². The van der Waals surface area contributed by atoms with Gasteiger partial charge in [-0.2, -0.15) is 0 Å². The number of aryl methyl sites for hydroxylation is 1. The first-order valence-corrected chi connectivity index (χ1v) is 13.6. The van der Waals surface area contributed by atoms with Crippen molar-refractivity contribution in [2.75, 3.05) is 20.6 Å². The van der Waals surface area contributed by atoms with Crippen molar-refractivity contribution in [1.82, 2.24) is 9.97 Å². The Morgan fingerprint density at radius 2 is 1.56 bits per heavy atom. The summed E-state index contributed by atoms with van der Waals surface area (Å²) in [4.78, 5) is 20.6. The van der Waals surface area contributed by atoms with Gasteiger partial charge in [0.1, 0.15) is 6.04 Å². The van der Waals surface area contributed by atoms with Crippen LogP contribution in [0.4, 0.5) is 17.3 Å². The maximum Gasteiger partial charge on any atom is 0.264 e. The minimum atomic E-state index is -3.93. The van der Waals surface area contributed by atoms with Crippen LogP contribution in [-0.4, -0.2) is 45.0 Å². The Balaban J connectivity index is 1.79. The number of sulfonamides is 2. The zero-order chi connectivity index (χ0) is 24.9. The predicted molar refractivity (Wildman–Crippen MR) is 130 cm³/mol. The highest BCUT2D eigenvalue weighted by molar-refractivity contribution is 7.92. The monoisotopic (exact) mass is 503 g/mol. The second kappa shape index (κ2) is 10.2. The van der Waals surface area contributed by atoms with Crippen LogP contribution in [0.1, 0.15) is 18.9 Å². The molecule has 2 N–H and O–H groups in total. The third-order valence-corrected chi connectivity index (χ3v) is 7.37. The van der Waals surface area contributed by atoms with E-state index in [0.717, 1.165) is 16.1 Å². The van der Waals surface area contributed by atoms with E-state index in [1.165, 1.54) is 36.7 Å². The maximum atomic E-state index is 13.0. The molecule has 0 aliphatic carbocycles. The number of carbonyl (C=O) groups is 1. The predicted octanol–water partition coefficient (Wildman–Crippen LogP) is 2.77. The Kier molecular flexibility index (Phi) is 7.52. The highest BCUT2D eigenvalue weighted by Crippen LogP contribution is 2.24. The van der Waals surface area contributed by atoms with E-state index in [9.17, 15) is 21.6 Å². The van der Waals surface area contributed by atoms with Gasteiger partial charge in [0.2, 0.25) is 21.9 Å². The number of aromatic nitrogens is 2. The van der Waals surface area contributed by atoms with Gasteiger partial charge in [0.05, 0.1) is 16.8 Å². The van der Waals surface area contributed by atoms with Crippen molar-refractivity contribution >= 4 is 43.3 Å². The fraction of sp³-hybridized carbons (Fsp3) is 0.227. The zero-order valence-corrected chi connectivity index (χ0v) is 20.5.